The van der Waals surface area contributed by atoms with E-state index in [1.807, 2.05) is 0 Å². The van der Waals surface area contributed by atoms with E-state index in [0.29, 0.717) is 0 Å². The lowest BCUT2D eigenvalue weighted by Gasteiger charge is -2.08. The standard InChI is InChI=1S/C112H140N4/c1-5-9-13-17-21-25-29-33-37-41-45-49-81-113-101-77-69-89-65-66-90-70-78-102-98(86-90)110-94(58-54-62-106(110)114(102)82-50-46-42-38-34-30-26-22-18-14-10-6-2)74-68-92-72-80-104-100(88-92)112-96(60-56-64-108(112)116(104)84-52-48-44-40-36-32-28-24-20-16-12-8-4)76-75-95-59-55-63-107-111(95)99-87-91(67-73-93-57-53-61-105(113)109(93)97(101)85-89)71-79-103(99)115(107)83-51-47-43-39-35-31-27-23-19-15-11-7-3/h53-64,69-72,77-80,85-88H,5-52,81-84H2,1-4H3. The summed E-state index contributed by atoms with van der Waals surface area (Å²) >= 11 is 0. The summed E-state index contributed by atoms with van der Waals surface area (Å²) < 4.78 is 10.4. The molecule has 8 bridgehead atoms. The second-order valence-corrected chi connectivity index (χ2v) is 34.9. The molecular weight excluding hydrogens is 1400 g/mol. The Morgan fingerprint density at radius 1 is 0.172 bits per heavy atom. The molecule has 0 spiro atoms. The van der Waals surface area contributed by atoms with E-state index in [4.69, 9.17) is 0 Å². The van der Waals surface area contributed by atoms with Gasteiger partial charge in [0.05, 0.1) is 22.1 Å². The third-order valence-corrected chi connectivity index (χ3v) is 25.9. The number of nitrogens with zero attached hydrogens (tertiary/aromatic N) is 4. The quantitative estimate of drug-likeness (QED) is 0.0267. The molecule has 0 aliphatic heterocycles. The number of benzene rings is 8. The van der Waals surface area contributed by atoms with Gasteiger partial charge in [-0.2, -0.15) is 0 Å². The van der Waals surface area contributed by atoms with Crippen LogP contribution < -0.4 is 0 Å². The Hall–Kier alpha value is -8.80. The molecule has 608 valence electrons. The summed E-state index contributed by atoms with van der Waals surface area (Å²) in [7, 11) is 0. The minimum absolute atomic E-state index is 0.970. The normalized spacial score (nSPS) is 12.0. The average Bonchev–Trinajstić information content (AvgIpc) is 1.61. The highest BCUT2D eigenvalue weighted by molar-refractivity contribution is 6.15. The predicted molar refractivity (Wildman–Crippen MR) is 506 cm³/mol. The van der Waals surface area contributed by atoms with Crippen molar-refractivity contribution < 1.29 is 0 Å². The van der Waals surface area contributed by atoms with Crippen LogP contribution in [0.15, 0.2) is 146 Å². The van der Waals surface area contributed by atoms with Gasteiger partial charge in [0.15, 0.2) is 0 Å². The molecule has 4 aromatic heterocycles. The number of aromatic nitrogens is 4. The van der Waals surface area contributed by atoms with Crippen LogP contribution in [0.4, 0.5) is 0 Å². The maximum Gasteiger partial charge on any atom is 0.0504 e. The van der Waals surface area contributed by atoms with Gasteiger partial charge in [-0.3, -0.25) is 0 Å². The summed E-state index contributed by atoms with van der Waals surface area (Å²) in [6.07, 6.45) is 64.1. The van der Waals surface area contributed by atoms with Crippen molar-refractivity contribution in [3.63, 3.8) is 0 Å². The molecule has 0 saturated heterocycles. The maximum absolute atomic E-state index is 3.93. The molecule has 13 rings (SSSR count). The van der Waals surface area contributed by atoms with E-state index in [1.54, 1.807) is 0 Å². The Morgan fingerprint density at radius 2 is 0.345 bits per heavy atom. The number of aryl methyl sites for hydroxylation is 4. The van der Waals surface area contributed by atoms with Crippen LogP contribution in [0.25, 0.3) is 87.2 Å². The first-order valence-electron chi connectivity index (χ1n) is 47.8. The fourth-order valence-electron chi connectivity index (χ4n) is 19.3. The zero-order chi connectivity index (χ0) is 79.6. The molecule has 1 aliphatic carbocycles. The lowest BCUT2D eigenvalue weighted by atomic mass is 10.0. The van der Waals surface area contributed by atoms with Crippen LogP contribution in [0.3, 0.4) is 0 Å². The van der Waals surface area contributed by atoms with Gasteiger partial charge in [-0.05, 0) is 147 Å². The Morgan fingerprint density at radius 3 is 0.543 bits per heavy atom. The minimum Gasteiger partial charge on any atom is -0.340 e. The van der Waals surface area contributed by atoms with Crippen molar-refractivity contribution in [1.82, 2.24) is 18.3 Å². The Kier molecular flexibility index (Phi) is 34.0. The van der Waals surface area contributed by atoms with Crippen molar-refractivity contribution in [2.45, 2.75) is 362 Å². The number of unbranched alkanes of at least 4 members (excludes halogenated alkanes) is 44. The molecule has 8 aromatic carbocycles. The number of rotatable bonds is 52. The smallest absolute Gasteiger partial charge is 0.0504 e. The van der Waals surface area contributed by atoms with Gasteiger partial charge in [0.1, 0.15) is 0 Å². The van der Waals surface area contributed by atoms with E-state index < -0.39 is 0 Å². The molecule has 1 aliphatic rings. The summed E-state index contributed by atoms with van der Waals surface area (Å²) in [6, 6.07) is 55.5. The first-order chi connectivity index (χ1) is 57.5. The molecule has 4 heterocycles. The molecule has 0 saturated carbocycles. The minimum atomic E-state index is 0.970. The number of hydrogen-bond acceptors (Lipinski definition) is 0. The van der Waals surface area contributed by atoms with Crippen molar-refractivity contribution in [2.75, 3.05) is 0 Å². The van der Waals surface area contributed by atoms with Crippen molar-refractivity contribution in [3.8, 4) is 47.4 Å². The first kappa shape index (κ1) is 85.1. The van der Waals surface area contributed by atoms with Crippen molar-refractivity contribution >= 4 is 87.2 Å². The highest BCUT2D eigenvalue weighted by Gasteiger charge is 2.20. The number of fused-ring (bicyclic) bond motifs is 4. The summed E-state index contributed by atoms with van der Waals surface area (Å²) in [5.41, 5.74) is 18.3. The predicted octanol–water partition coefficient (Wildman–Crippen LogP) is 32.8. The lowest BCUT2D eigenvalue weighted by molar-refractivity contribution is 0.533. The molecule has 0 atom stereocenters. The summed E-state index contributed by atoms with van der Waals surface area (Å²) in [5.74, 6) is 30.7. The zero-order valence-electron chi connectivity index (χ0n) is 72.4. The monoisotopic (exact) mass is 1540 g/mol. The molecule has 4 nitrogen and oxygen atoms in total. The average molecular weight is 1540 g/mol. The van der Waals surface area contributed by atoms with Gasteiger partial charge in [0.2, 0.25) is 0 Å². The summed E-state index contributed by atoms with van der Waals surface area (Å²) in [6.45, 7) is 13.1. The van der Waals surface area contributed by atoms with E-state index in [9.17, 15) is 0 Å². The molecule has 12 aromatic rings. The van der Waals surface area contributed by atoms with Gasteiger partial charge in [0.25, 0.3) is 0 Å². The Bertz CT molecular complexity index is 5060. The second kappa shape index (κ2) is 46.4. The maximum atomic E-state index is 3.93. The molecule has 0 unspecified atom stereocenters. The van der Waals surface area contributed by atoms with Gasteiger partial charge >= 0.3 is 0 Å². The van der Waals surface area contributed by atoms with Crippen LogP contribution in [-0.2, 0) is 26.2 Å². The van der Waals surface area contributed by atoms with Crippen molar-refractivity contribution in [2.24, 2.45) is 0 Å². The topological polar surface area (TPSA) is 19.7 Å². The number of hydrogen-bond donors (Lipinski definition) is 0. The van der Waals surface area contributed by atoms with Gasteiger partial charge in [0, 0.05) is 136 Å². The van der Waals surface area contributed by atoms with Crippen molar-refractivity contribution in [1.29, 1.82) is 0 Å². The lowest BCUT2D eigenvalue weighted by Crippen LogP contribution is -1.98. The molecule has 0 fully saturated rings. The van der Waals surface area contributed by atoms with Crippen molar-refractivity contribution in [3.05, 3.63) is 190 Å². The van der Waals surface area contributed by atoms with Crippen LogP contribution in [-0.4, -0.2) is 18.3 Å². The van der Waals surface area contributed by atoms with E-state index in [-0.39, 0.29) is 0 Å². The SMILES string of the molecule is CCCCCCCCCCCCCCn1c2ccc3cc2c2c(cccc21)C#Cc1ccc2c(c1)c1c(cccc1n2CCCCCCCCCCCCCC)C#Cc1cccc2c1c1cc(ccc1n2CCCCCCCCCCCCCC)C#Cc1cccc2c1c1cc(ccc1n2CCCCCCCCCCCCCC)C#C3. The molecule has 4 heteroatoms. The molecule has 0 radical (unpaired) electrons. The van der Waals surface area contributed by atoms with Gasteiger partial charge in [-0.25, -0.2) is 0 Å². The van der Waals surface area contributed by atoms with Gasteiger partial charge < -0.3 is 18.3 Å². The molecular formula is C112H140N4. The zero-order valence-corrected chi connectivity index (χ0v) is 72.4. The van der Waals surface area contributed by atoms with E-state index in [2.05, 4.69) is 239 Å². The molecule has 116 heavy (non-hydrogen) atoms. The van der Waals surface area contributed by atoms with Crippen LogP contribution in [0, 0.1) is 47.4 Å². The van der Waals surface area contributed by atoms with Crippen LogP contribution in [0.1, 0.15) is 380 Å². The highest BCUT2D eigenvalue weighted by atomic mass is 15.0. The van der Waals surface area contributed by atoms with Gasteiger partial charge in [-0.15, -0.1) is 0 Å². The van der Waals surface area contributed by atoms with Gasteiger partial charge in [-0.1, -0.05) is 382 Å². The molecule has 0 amide bonds. The summed E-state index contributed by atoms with van der Waals surface area (Å²) in [5, 5.41) is 9.78. The highest BCUT2D eigenvalue weighted by Crippen LogP contribution is 2.39. The third kappa shape index (κ3) is 22.9. The Balaban J connectivity index is 0.885. The third-order valence-electron chi connectivity index (χ3n) is 25.9. The Labute approximate surface area is 700 Å². The fraction of sp³-hybridized carbons (Fsp3) is 0.500. The van der Waals surface area contributed by atoms with Crippen LogP contribution in [0.5, 0.6) is 0 Å². The fourth-order valence-corrected chi connectivity index (χ4v) is 19.3. The molecule has 0 N–H and O–H groups in total. The summed E-state index contributed by atoms with van der Waals surface area (Å²) in [4.78, 5) is 0. The first-order valence-corrected chi connectivity index (χ1v) is 47.8. The van der Waals surface area contributed by atoms with E-state index >= 15 is 0 Å². The van der Waals surface area contributed by atoms with Crippen LogP contribution >= 0.6 is 0 Å². The van der Waals surface area contributed by atoms with Crippen LogP contribution in [0.2, 0.25) is 0 Å². The second-order valence-electron chi connectivity index (χ2n) is 34.9. The largest absolute Gasteiger partial charge is 0.340 e. The van der Waals surface area contributed by atoms with E-state index in [0.717, 1.165) is 96.4 Å². The van der Waals surface area contributed by atoms with E-state index in [1.165, 1.54) is 370 Å².